The normalized spacial score (nSPS) is 11.0. The van der Waals surface area contributed by atoms with Gasteiger partial charge in [-0.25, -0.2) is 0 Å². The Morgan fingerprint density at radius 2 is 1.57 bits per heavy atom. The summed E-state index contributed by atoms with van der Waals surface area (Å²) in [6.07, 6.45) is -0.381. The van der Waals surface area contributed by atoms with E-state index >= 15 is 0 Å². The Morgan fingerprint density at radius 1 is 1.05 bits per heavy atom. The lowest BCUT2D eigenvalue weighted by Crippen LogP contribution is -2.33. The Morgan fingerprint density at radius 3 is 2.00 bits per heavy atom. The van der Waals surface area contributed by atoms with Crippen molar-refractivity contribution in [3.05, 3.63) is 29.6 Å². The Kier molecular flexibility index (Phi) is 6.34. The fourth-order valence-electron chi connectivity index (χ4n) is 1.81. The number of esters is 2. The van der Waals surface area contributed by atoms with Crippen LogP contribution in [0.1, 0.15) is 39.1 Å². The van der Waals surface area contributed by atoms with Crippen LogP contribution >= 0.6 is 0 Å². The molecule has 0 fully saturated rings. The second kappa shape index (κ2) is 7.76. The van der Waals surface area contributed by atoms with E-state index in [2.05, 4.69) is 4.98 Å². The summed E-state index contributed by atoms with van der Waals surface area (Å²) in [5.74, 6) is -2.12. The number of hydrogen-bond donors (Lipinski definition) is 0. The molecule has 0 saturated carbocycles. The van der Waals surface area contributed by atoms with E-state index in [1.807, 2.05) is 19.1 Å². The van der Waals surface area contributed by atoms with Gasteiger partial charge in [-0.05, 0) is 46.8 Å². The minimum Gasteiger partial charge on any atom is -0.462 e. The molecule has 5 nitrogen and oxygen atoms in total. The predicted octanol–water partition coefficient (Wildman–Crippen LogP) is 2.45. The molecule has 0 spiro atoms. The van der Waals surface area contributed by atoms with E-state index in [0.29, 0.717) is 5.69 Å². The lowest BCUT2D eigenvalue weighted by atomic mass is 10.0. The standard InChI is InChI=1S/C16H23NO4/c1-10(2)20-15(18)14(16(19)21-11(3)4)9-13-8-6-7-12(5)17-13/h6-8,10-11,14H,9H2,1-5H3. The second-order valence-corrected chi connectivity index (χ2v) is 5.50. The van der Waals surface area contributed by atoms with Gasteiger partial charge in [0.05, 0.1) is 12.2 Å². The van der Waals surface area contributed by atoms with E-state index in [1.165, 1.54) is 0 Å². The molecule has 0 aliphatic heterocycles. The summed E-state index contributed by atoms with van der Waals surface area (Å²) in [6.45, 7) is 8.83. The Balaban J connectivity index is 2.90. The summed E-state index contributed by atoms with van der Waals surface area (Å²) in [4.78, 5) is 28.6. The molecule has 5 heteroatoms. The smallest absolute Gasteiger partial charge is 0.320 e. The molecule has 0 N–H and O–H groups in total. The van der Waals surface area contributed by atoms with Crippen molar-refractivity contribution in [2.75, 3.05) is 0 Å². The van der Waals surface area contributed by atoms with Gasteiger partial charge >= 0.3 is 11.9 Å². The van der Waals surface area contributed by atoms with Crippen molar-refractivity contribution in [3.8, 4) is 0 Å². The fourth-order valence-corrected chi connectivity index (χ4v) is 1.81. The van der Waals surface area contributed by atoms with Crippen molar-refractivity contribution < 1.29 is 19.1 Å². The zero-order valence-electron chi connectivity index (χ0n) is 13.3. The number of ether oxygens (including phenoxy) is 2. The van der Waals surface area contributed by atoms with Gasteiger partial charge < -0.3 is 9.47 Å². The summed E-state index contributed by atoms with van der Waals surface area (Å²) < 4.78 is 10.3. The van der Waals surface area contributed by atoms with E-state index in [1.54, 1.807) is 33.8 Å². The lowest BCUT2D eigenvalue weighted by molar-refractivity contribution is -0.166. The molecule has 0 bridgehead atoms. The number of carbonyl (C=O) groups is 2. The Bertz CT molecular complexity index is 475. The molecule has 21 heavy (non-hydrogen) atoms. The molecule has 0 amide bonds. The van der Waals surface area contributed by atoms with Crippen LogP contribution in [0.5, 0.6) is 0 Å². The largest absolute Gasteiger partial charge is 0.462 e. The van der Waals surface area contributed by atoms with Crippen molar-refractivity contribution >= 4 is 11.9 Å². The molecule has 1 aromatic heterocycles. The molecule has 0 radical (unpaired) electrons. The summed E-state index contributed by atoms with van der Waals surface area (Å²) in [6, 6.07) is 5.49. The quantitative estimate of drug-likeness (QED) is 0.595. The molecule has 0 aliphatic rings. The van der Waals surface area contributed by atoms with Crippen LogP contribution in [-0.4, -0.2) is 29.1 Å². The van der Waals surface area contributed by atoms with Gasteiger partial charge in [-0.3, -0.25) is 14.6 Å². The summed E-state index contributed by atoms with van der Waals surface area (Å²) in [5.41, 5.74) is 1.50. The highest BCUT2D eigenvalue weighted by atomic mass is 16.6. The molecule has 1 rings (SSSR count). The number of pyridine rings is 1. The molecule has 0 aromatic carbocycles. The van der Waals surface area contributed by atoms with Crippen LogP contribution in [0.25, 0.3) is 0 Å². The third kappa shape index (κ3) is 5.94. The first-order chi connectivity index (χ1) is 9.79. The van der Waals surface area contributed by atoms with Gasteiger partial charge in [-0.15, -0.1) is 0 Å². The van der Waals surface area contributed by atoms with Gasteiger partial charge in [0, 0.05) is 17.8 Å². The Labute approximate surface area is 125 Å². The maximum atomic E-state index is 12.1. The molecule has 0 aliphatic carbocycles. The molecule has 0 atom stereocenters. The molecule has 1 heterocycles. The average Bonchev–Trinajstić information content (AvgIpc) is 2.34. The summed E-state index contributed by atoms with van der Waals surface area (Å²) in [7, 11) is 0. The molecule has 1 aromatic rings. The van der Waals surface area contributed by atoms with Gasteiger partial charge in [-0.1, -0.05) is 6.07 Å². The summed E-state index contributed by atoms with van der Waals surface area (Å²) >= 11 is 0. The third-order valence-electron chi connectivity index (χ3n) is 2.63. The monoisotopic (exact) mass is 293 g/mol. The van der Waals surface area contributed by atoms with Gasteiger partial charge in [0.1, 0.15) is 0 Å². The minimum atomic E-state index is -0.982. The zero-order valence-corrected chi connectivity index (χ0v) is 13.3. The fraction of sp³-hybridized carbons (Fsp3) is 0.562. The number of hydrogen-bond acceptors (Lipinski definition) is 5. The van der Waals surface area contributed by atoms with Gasteiger partial charge in [0.2, 0.25) is 0 Å². The first-order valence-electron chi connectivity index (χ1n) is 7.13. The van der Waals surface area contributed by atoms with Crippen LogP contribution in [0.15, 0.2) is 18.2 Å². The molecular weight excluding hydrogens is 270 g/mol. The highest BCUT2D eigenvalue weighted by molar-refractivity contribution is 5.95. The van der Waals surface area contributed by atoms with Crippen LogP contribution < -0.4 is 0 Å². The molecule has 0 unspecified atom stereocenters. The van der Waals surface area contributed by atoms with Crippen molar-refractivity contribution in [1.82, 2.24) is 4.98 Å². The maximum absolute atomic E-state index is 12.1. The number of aromatic nitrogens is 1. The number of nitrogens with zero attached hydrogens (tertiary/aromatic N) is 1. The van der Waals surface area contributed by atoms with E-state index in [0.717, 1.165) is 5.69 Å². The maximum Gasteiger partial charge on any atom is 0.320 e. The highest BCUT2D eigenvalue weighted by Crippen LogP contribution is 2.14. The van der Waals surface area contributed by atoms with E-state index < -0.39 is 17.9 Å². The predicted molar refractivity (Wildman–Crippen MR) is 78.6 cm³/mol. The van der Waals surface area contributed by atoms with Crippen molar-refractivity contribution in [2.45, 2.75) is 53.2 Å². The van der Waals surface area contributed by atoms with E-state index in [4.69, 9.17) is 9.47 Å². The van der Waals surface area contributed by atoms with Crippen LogP contribution in [0.2, 0.25) is 0 Å². The zero-order chi connectivity index (χ0) is 16.0. The number of carbonyl (C=O) groups excluding carboxylic acids is 2. The molecule has 0 saturated heterocycles. The second-order valence-electron chi connectivity index (χ2n) is 5.50. The van der Waals surface area contributed by atoms with Crippen LogP contribution in [0.4, 0.5) is 0 Å². The average molecular weight is 293 g/mol. The lowest BCUT2D eigenvalue weighted by Gasteiger charge is -2.18. The van der Waals surface area contributed by atoms with Crippen molar-refractivity contribution in [3.63, 3.8) is 0 Å². The molecular formula is C16H23NO4. The van der Waals surface area contributed by atoms with Gasteiger partial charge in [-0.2, -0.15) is 0 Å². The first-order valence-corrected chi connectivity index (χ1v) is 7.13. The molecule has 116 valence electrons. The Hall–Kier alpha value is -1.91. The number of rotatable bonds is 6. The summed E-state index contributed by atoms with van der Waals surface area (Å²) in [5, 5.41) is 0. The third-order valence-corrected chi connectivity index (χ3v) is 2.63. The number of aryl methyl sites for hydroxylation is 1. The van der Waals surface area contributed by atoms with Crippen LogP contribution in [-0.2, 0) is 25.5 Å². The van der Waals surface area contributed by atoms with E-state index in [-0.39, 0.29) is 18.6 Å². The van der Waals surface area contributed by atoms with Crippen LogP contribution in [0.3, 0.4) is 0 Å². The minimum absolute atomic E-state index is 0.179. The topological polar surface area (TPSA) is 65.5 Å². The first kappa shape index (κ1) is 17.1. The van der Waals surface area contributed by atoms with Gasteiger partial charge in [0.15, 0.2) is 5.92 Å². The van der Waals surface area contributed by atoms with Crippen molar-refractivity contribution in [1.29, 1.82) is 0 Å². The highest BCUT2D eigenvalue weighted by Gasteiger charge is 2.31. The van der Waals surface area contributed by atoms with Crippen LogP contribution in [0, 0.1) is 12.8 Å². The van der Waals surface area contributed by atoms with E-state index in [9.17, 15) is 9.59 Å². The van der Waals surface area contributed by atoms with Gasteiger partial charge in [0.25, 0.3) is 0 Å². The SMILES string of the molecule is Cc1cccc(CC(C(=O)OC(C)C)C(=O)OC(C)C)n1. The van der Waals surface area contributed by atoms with Crippen molar-refractivity contribution in [2.24, 2.45) is 5.92 Å².